The zero-order chi connectivity index (χ0) is 25.0. The Morgan fingerprint density at radius 3 is 2.59 bits per heavy atom. The van der Waals surface area contributed by atoms with Crippen LogP contribution in [0.2, 0.25) is 10.0 Å². The van der Waals surface area contributed by atoms with E-state index < -0.39 is 6.03 Å². The number of benzene rings is 1. The van der Waals surface area contributed by atoms with E-state index in [4.69, 9.17) is 28.9 Å². The quantitative estimate of drug-likeness (QED) is 0.543. The third-order valence-corrected chi connectivity index (χ3v) is 7.39. The maximum Gasteiger partial charge on any atom is 0.324 e. The van der Waals surface area contributed by atoms with E-state index in [-0.39, 0.29) is 40.9 Å². The zero-order valence-electron chi connectivity index (χ0n) is 19.3. The number of nitrogens with two attached hydrogens (primary N) is 1. The highest BCUT2D eigenvalue weighted by atomic mass is 35.5. The second-order valence-electron chi connectivity index (χ2n) is 8.84. The van der Waals surface area contributed by atoms with Gasteiger partial charge in [-0.3, -0.25) is 14.9 Å². The van der Waals surface area contributed by atoms with E-state index in [0.29, 0.717) is 46.9 Å². The first-order valence-electron chi connectivity index (χ1n) is 10.8. The maximum absolute atomic E-state index is 13.4. The second-order valence-corrected chi connectivity index (χ2v) is 10.6. The molecule has 2 heterocycles. The van der Waals surface area contributed by atoms with Crippen LogP contribution in [0.15, 0.2) is 18.2 Å². The zero-order valence-corrected chi connectivity index (χ0v) is 21.6. The highest BCUT2D eigenvalue weighted by Crippen LogP contribution is 2.34. The van der Waals surface area contributed by atoms with Gasteiger partial charge in [-0.25, -0.2) is 9.78 Å². The van der Waals surface area contributed by atoms with Crippen LogP contribution < -0.4 is 16.4 Å². The maximum atomic E-state index is 13.4. The third kappa shape index (κ3) is 6.18. The second kappa shape index (κ2) is 10.9. The molecule has 12 heteroatoms. The molecule has 1 aliphatic heterocycles. The van der Waals surface area contributed by atoms with Gasteiger partial charge < -0.3 is 20.9 Å². The molecule has 184 valence electrons. The molecule has 0 aliphatic carbocycles. The molecule has 0 saturated carbocycles. The molecule has 0 atom stereocenters. The number of rotatable bonds is 5. The Kier molecular flexibility index (Phi) is 8.40. The van der Waals surface area contributed by atoms with Crippen molar-refractivity contribution in [3.05, 3.63) is 38.9 Å². The van der Waals surface area contributed by atoms with Crippen molar-refractivity contribution in [2.75, 3.05) is 43.4 Å². The van der Waals surface area contributed by atoms with Gasteiger partial charge in [0.1, 0.15) is 10.0 Å². The van der Waals surface area contributed by atoms with Gasteiger partial charge in [0.05, 0.1) is 15.7 Å². The number of aromatic nitrogens is 1. The lowest BCUT2D eigenvalue weighted by molar-refractivity contribution is -0.130. The number of hydrogen-bond acceptors (Lipinski definition) is 6. The molecular weight excluding hydrogens is 499 g/mol. The summed E-state index contributed by atoms with van der Waals surface area (Å²) in [6, 6.07) is 4.32. The van der Waals surface area contributed by atoms with E-state index in [2.05, 4.69) is 15.6 Å². The Hall–Kier alpha value is -2.40. The normalized spacial score (nSPS) is 14.7. The molecule has 0 unspecified atom stereocenters. The number of halogens is 2. The highest BCUT2D eigenvalue weighted by molar-refractivity contribution is 7.16. The van der Waals surface area contributed by atoms with E-state index >= 15 is 0 Å². The number of thiazole rings is 1. The van der Waals surface area contributed by atoms with Crippen molar-refractivity contribution in [1.29, 1.82) is 0 Å². The average Bonchev–Trinajstić information content (AvgIpc) is 3.10. The minimum Gasteiger partial charge on any atom is -0.340 e. The number of nitrogens with one attached hydrogen (secondary N) is 2. The van der Waals surface area contributed by atoms with Gasteiger partial charge in [-0.15, -0.1) is 0 Å². The van der Waals surface area contributed by atoms with Crippen LogP contribution in [0, 0.1) is 0 Å². The van der Waals surface area contributed by atoms with Crippen LogP contribution in [0.1, 0.15) is 42.7 Å². The number of carbonyl (C=O) groups is 3. The van der Waals surface area contributed by atoms with Crippen molar-refractivity contribution in [2.24, 2.45) is 5.73 Å². The van der Waals surface area contributed by atoms with Crippen LogP contribution in [-0.4, -0.2) is 65.4 Å². The Morgan fingerprint density at radius 2 is 1.91 bits per heavy atom. The van der Waals surface area contributed by atoms with Gasteiger partial charge in [0.15, 0.2) is 5.69 Å². The number of hydrogen-bond donors (Lipinski definition) is 3. The van der Waals surface area contributed by atoms with Crippen molar-refractivity contribution in [1.82, 2.24) is 14.8 Å². The first-order chi connectivity index (χ1) is 16.0. The van der Waals surface area contributed by atoms with E-state index in [1.165, 1.54) is 11.3 Å². The SMILES string of the molecule is CC(C)(C)c1nc(C(=O)N2CCC(=O)N(CCN)CC2)c(NC(=O)Nc2cccc(Cl)c2Cl)s1. The third-order valence-electron chi connectivity index (χ3n) is 5.17. The highest BCUT2D eigenvalue weighted by Gasteiger charge is 2.30. The Labute approximate surface area is 212 Å². The lowest BCUT2D eigenvalue weighted by Crippen LogP contribution is -2.38. The summed E-state index contributed by atoms with van der Waals surface area (Å²) < 4.78 is 0. The first-order valence-corrected chi connectivity index (χ1v) is 12.4. The van der Waals surface area contributed by atoms with Crippen molar-refractivity contribution in [3.63, 3.8) is 0 Å². The standard InChI is InChI=1S/C22H28Cl2N6O3S/c1-22(2,3)20-27-17(19(32)30-9-7-15(31)29(10-8-25)11-12-30)18(34-20)28-21(33)26-14-6-4-5-13(23)16(14)24/h4-6H,7-12,25H2,1-3H3,(H2,26,28,33). The lowest BCUT2D eigenvalue weighted by atomic mass is 9.98. The number of amides is 4. The summed E-state index contributed by atoms with van der Waals surface area (Å²) >= 11 is 13.4. The minimum absolute atomic E-state index is 0.0365. The van der Waals surface area contributed by atoms with Crippen LogP contribution in [0.3, 0.4) is 0 Å². The molecule has 0 radical (unpaired) electrons. The summed E-state index contributed by atoms with van der Waals surface area (Å²) in [6.07, 6.45) is 0.207. The number of carbonyl (C=O) groups excluding carboxylic acids is 3. The van der Waals surface area contributed by atoms with Gasteiger partial charge in [0.2, 0.25) is 5.91 Å². The average molecular weight is 527 g/mol. The van der Waals surface area contributed by atoms with Crippen molar-refractivity contribution < 1.29 is 14.4 Å². The molecule has 0 bridgehead atoms. The van der Waals surface area contributed by atoms with Crippen molar-refractivity contribution >= 4 is 63.1 Å². The number of nitrogens with zero attached hydrogens (tertiary/aromatic N) is 3. The predicted molar refractivity (Wildman–Crippen MR) is 136 cm³/mol. The van der Waals surface area contributed by atoms with E-state index in [1.807, 2.05) is 20.8 Å². The molecule has 4 amide bonds. The summed E-state index contributed by atoms with van der Waals surface area (Å²) in [5, 5.41) is 6.93. The van der Waals surface area contributed by atoms with Crippen LogP contribution in [0.25, 0.3) is 0 Å². The number of urea groups is 1. The summed E-state index contributed by atoms with van der Waals surface area (Å²) in [7, 11) is 0. The lowest BCUT2D eigenvalue weighted by Gasteiger charge is -2.21. The summed E-state index contributed by atoms with van der Waals surface area (Å²) in [5.41, 5.74) is 5.74. The largest absolute Gasteiger partial charge is 0.340 e. The van der Waals surface area contributed by atoms with Gasteiger partial charge in [-0.1, -0.05) is 61.4 Å². The van der Waals surface area contributed by atoms with E-state index in [0.717, 1.165) is 0 Å². The first kappa shape index (κ1) is 26.2. The van der Waals surface area contributed by atoms with Crippen molar-refractivity contribution in [2.45, 2.75) is 32.6 Å². The number of anilines is 2. The van der Waals surface area contributed by atoms with Gasteiger partial charge >= 0.3 is 6.03 Å². The molecule has 34 heavy (non-hydrogen) atoms. The molecular formula is C22H28Cl2N6O3S. The van der Waals surface area contributed by atoms with Gasteiger partial charge in [-0.05, 0) is 12.1 Å². The monoisotopic (exact) mass is 526 g/mol. The Bertz CT molecular complexity index is 1090. The smallest absolute Gasteiger partial charge is 0.324 e. The molecule has 2 aromatic rings. The molecule has 1 aromatic heterocycles. The molecule has 1 fully saturated rings. The Balaban J connectivity index is 1.83. The fraction of sp³-hybridized carbons (Fsp3) is 0.455. The molecule has 1 saturated heterocycles. The van der Waals surface area contributed by atoms with Gasteiger partial charge in [-0.2, -0.15) is 0 Å². The van der Waals surface area contributed by atoms with Crippen LogP contribution >= 0.6 is 34.5 Å². The van der Waals surface area contributed by atoms with Crippen molar-refractivity contribution in [3.8, 4) is 0 Å². The van der Waals surface area contributed by atoms with E-state index in [9.17, 15) is 14.4 Å². The topological polar surface area (TPSA) is 121 Å². The summed E-state index contributed by atoms with van der Waals surface area (Å²) in [4.78, 5) is 46.3. The minimum atomic E-state index is -0.581. The van der Waals surface area contributed by atoms with E-state index in [1.54, 1.807) is 28.0 Å². The molecule has 0 spiro atoms. The van der Waals surface area contributed by atoms with Crippen LogP contribution in [0.4, 0.5) is 15.5 Å². The Morgan fingerprint density at radius 1 is 1.18 bits per heavy atom. The molecule has 9 nitrogen and oxygen atoms in total. The molecule has 3 rings (SSSR count). The molecule has 1 aliphatic rings. The molecule has 1 aromatic carbocycles. The summed E-state index contributed by atoms with van der Waals surface area (Å²) in [5.74, 6) is -0.379. The molecule has 4 N–H and O–H groups in total. The fourth-order valence-electron chi connectivity index (χ4n) is 3.34. The van der Waals surface area contributed by atoms with Gasteiger partial charge in [0, 0.05) is 44.6 Å². The van der Waals surface area contributed by atoms with Crippen LogP contribution in [0.5, 0.6) is 0 Å². The van der Waals surface area contributed by atoms with Crippen LogP contribution in [-0.2, 0) is 10.2 Å². The fourth-order valence-corrected chi connectivity index (χ4v) is 4.70. The van der Waals surface area contributed by atoms with Gasteiger partial charge in [0.25, 0.3) is 5.91 Å². The predicted octanol–water partition coefficient (Wildman–Crippen LogP) is 4.02. The summed E-state index contributed by atoms with van der Waals surface area (Å²) in [6.45, 7) is 7.77.